The van der Waals surface area contributed by atoms with E-state index in [-0.39, 0.29) is 0 Å². The summed E-state index contributed by atoms with van der Waals surface area (Å²) in [6.07, 6.45) is 1.81. The molecule has 3 heteroatoms. The summed E-state index contributed by atoms with van der Waals surface area (Å²) in [5, 5.41) is 4.49. The second-order valence-corrected chi connectivity index (χ2v) is 4.20. The third-order valence-corrected chi connectivity index (χ3v) is 3.03. The fourth-order valence-electron chi connectivity index (χ4n) is 2.10. The first-order chi connectivity index (χ1) is 9.38. The average molecular weight is 250 g/mol. The summed E-state index contributed by atoms with van der Waals surface area (Å²) in [7, 11) is 1.67. The van der Waals surface area contributed by atoms with E-state index in [9.17, 15) is 0 Å². The van der Waals surface area contributed by atoms with Crippen LogP contribution in [0.15, 0.2) is 60.8 Å². The molecule has 0 aliphatic heterocycles. The molecule has 1 aromatic heterocycles. The first-order valence-corrected chi connectivity index (χ1v) is 6.12. The van der Waals surface area contributed by atoms with E-state index in [1.807, 2.05) is 48.5 Å². The smallest absolute Gasteiger partial charge is 0.142 e. The number of hydrogen-bond donors (Lipinski definition) is 1. The molecular weight excluding hydrogens is 236 g/mol. The lowest BCUT2D eigenvalue weighted by Crippen LogP contribution is -1.95. The van der Waals surface area contributed by atoms with Crippen LogP contribution in [0.1, 0.15) is 0 Å². The molecule has 94 valence electrons. The Hall–Kier alpha value is -2.55. The molecule has 19 heavy (non-hydrogen) atoms. The second kappa shape index (κ2) is 4.98. The van der Waals surface area contributed by atoms with Crippen LogP contribution in [0.3, 0.4) is 0 Å². The van der Waals surface area contributed by atoms with E-state index in [1.165, 1.54) is 0 Å². The maximum atomic E-state index is 5.35. The van der Waals surface area contributed by atoms with Gasteiger partial charge in [0.15, 0.2) is 0 Å². The summed E-state index contributed by atoms with van der Waals surface area (Å²) in [5.41, 5.74) is 2.94. The van der Waals surface area contributed by atoms with Crippen LogP contribution < -0.4 is 10.1 Å². The van der Waals surface area contributed by atoms with E-state index in [1.54, 1.807) is 13.3 Å². The Balaban J connectivity index is 2.06. The number of methoxy groups -OCH3 is 1. The molecular formula is C16H14N2O. The SMILES string of the molecule is COc1ccccc1Nc1ccnc2ccccc12. The molecule has 0 amide bonds. The number of benzene rings is 2. The maximum Gasteiger partial charge on any atom is 0.142 e. The van der Waals surface area contributed by atoms with E-state index >= 15 is 0 Å². The lowest BCUT2D eigenvalue weighted by atomic mass is 10.2. The number of fused-ring (bicyclic) bond motifs is 1. The van der Waals surface area contributed by atoms with Crippen molar-refractivity contribution in [2.75, 3.05) is 12.4 Å². The molecule has 1 heterocycles. The molecule has 0 bridgehead atoms. The van der Waals surface area contributed by atoms with Crippen molar-refractivity contribution in [3.8, 4) is 5.75 Å². The van der Waals surface area contributed by atoms with Gasteiger partial charge >= 0.3 is 0 Å². The van der Waals surface area contributed by atoms with Gasteiger partial charge in [0, 0.05) is 17.3 Å². The summed E-state index contributed by atoms with van der Waals surface area (Å²) in [6, 6.07) is 17.9. The molecule has 0 fully saturated rings. The average Bonchev–Trinajstić information content (AvgIpc) is 2.48. The first-order valence-electron chi connectivity index (χ1n) is 6.12. The standard InChI is InChI=1S/C16H14N2O/c1-19-16-9-5-4-8-15(16)18-14-10-11-17-13-7-3-2-6-12(13)14/h2-11H,1H3,(H,17,18). The lowest BCUT2D eigenvalue weighted by molar-refractivity contribution is 0.417. The van der Waals surface area contributed by atoms with E-state index in [0.29, 0.717) is 0 Å². The van der Waals surface area contributed by atoms with Crippen LogP contribution in [0, 0.1) is 0 Å². The van der Waals surface area contributed by atoms with Crippen molar-refractivity contribution in [1.82, 2.24) is 4.98 Å². The topological polar surface area (TPSA) is 34.1 Å². The van der Waals surface area contributed by atoms with Crippen LogP contribution >= 0.6 is 0 Å². The summed E-state index contributed by atoms with van der Waals surface area (Å²) >= 11 is 0. The molecule has 3 aromatic rings. The highest BCUT2D eigenvalue weighted by Crippen LogP contribution is 2.30. The molecule has 0 spiro atoms. The van der Waals surface area contributed by atoms with Crippen molar-refractivity contribution in [3.05, 3.63) is 60.8 Å². The van der Waals surface area contributed by atoms with Gasteiger partial charge in [-0.2, -0.15) is 0 Å². The Morgan fingerprint density at radius 2 is 1.68 bits per heavy atom. The number of anilines is 2. The Kier molecular flexibility index (Phi) is 3.02. The van der Waals surface area contributed by atoms with Crippen LogP contribution in [0.4, 0.5) is 11.4 Å². The lowest BCUT2D eigenvalue weighted by Gasteiger charge is -2.12. The van der Waals surface area contributed by atoms with Gasteiger partial charge < -0.3 is 10.1 Å². The van der Waals surface area contributed by atoms with E-state index < -0.39 is 0 Å². The van der Waals surface area contributed by atoms with E-state index in [2.05, 4.69) is 16.4 Å². The number of hydrogen-bond acceptors (Lipinski definition) is 3. The minimum atomic E-state index is 0.823. The molecule has 0 aliphatic rings. The Morgan fingerprint density at radius 3 is 2.58 bits per heavy atom. The zero-order valence-corrected chi connectivity index (χ0v) is 10.6. The van der Waals surface area contributed by atoms with Gasteiger partial charge in [0.25, 0.3) is 0 Å². The summed E-state index contributed by atoms with van der Waals surface area (Å²) < 4.78 is 5.35. The third-order valence-electron chi connectivity index (χ3n) is 3.03. The van der Waals surface area contributed by atoms with E-state index in [4.69, 9.17) is 4.74 Å². The van der Waals surface area contributed by atoms with Gasteiger partial charge in [0.2, 0.25) is 0 Å². The Bertz CT molecular complexity index is 704. The number of pyridine rings is 1. The fourth-order valence-corrected chi connectivity index (χ4v) is 2.10. The number of ether oxygens (including phenoxy) is 1. The molecule has 2 aromatic carbocycles. The van der Waals surface area contributed by atoms with Gasteiger partial charge in [-0.15, -0.1) is 0 Å². The van der Waals surface area contributed by atoms with Gasteiger partial charge in [-0.25, -0.2) is 0 Å². The van der Waals surface area contributed by atoms with Crippen LogP contribution in [0.2, 0.25) is 0 Å². The largest absolute Gasteiger partial charge is 0.495 e. The third kappa shape index (κ3) is 2.22. The van der Waals surface area contributed by atoms with Crippen LogP contribution in [-0.4, -0.2) is 12.1 Å². The van der Waals surface area contributed by atoms with Crippen molar-refractivity contribution in [2.45, 2.75) is 0 Å². The van der Waals surface area contributed by atoms with Crippen molar-refractivity contribution < 1.29 is 4.74 Å². The number of nitrogens with zero attached hydrogens (tertiary/aromatic N) is 1. The van der Waals surface area contributed by atoms with E-state index in [0.717, 1.165) is 28.0 Å². The number of aromatic nitrogens is 1. The highest BCUT2D eigenvalue weighted by molar-refractivity contribution is 5.93. The van der Waals surface area contributed by atoms with Crippen molar-refractivity contribution in [3.63, 3.8) is 0 Å². The zero-order valence-electron chi connectivity index (χ0n) is 10.6. The van der Waals surface area contributed by atoms with Gasteiger partial charge in [0.05, 0.1) is 18.3 Å². The predicted octanol–water partition coefficient (Wildman–Crippen LogP) is 3.99. The molecule has 1 N–H and O–H groups in total. The normalized spacial score (nSPS) is 10.4. The molecule has 0 radical (unpaired) electrons. The molecule has 3 nitrogen and oxygen atoms in total. The van der Waals surface area contributed by atoms with Crippen molar-refractivity contribution in [1.29, 1.82) is 0 Å². The number of nitrogens with one attached hydrogen (secondary N) is 1. The van der Waals surface area contributed by atoms with Crippen LogP contribution in [-0.2, 0) is 0 Å². The van der Waals surface area contributed by atoms with Gasteiger partial charge in [-0.05, 0) is 24.3 Å². The first kappa shape index (κ1) is 11.5. The zero-order chi connectivity index (χ0) is 13.1. The highest BCUT2D eigenvalue weighted by Gasteiger charge is 2.05. The quantitative estimate of drug-likeness (QED) is 0.763. The summed E-state index contributed by atoms with van der Waals surface area (Å²) in [5.74, 6) is 0.823. The molecule has 0 saturated heterocycles. The minimum absolute atomic E-state index is 0.823. The number of para-hydroxylation sites is 3. The second-order valence-electron chi connectivity index (χ2n) is 4.20. The highest BCUT2D eigenvalue weighted by atomic mass is 16.5. The van der Waals surface area contributed by atoms with Gasteiger partial charge in [-0.1, -0.05) is 30.3 Å². The molecule has 3 rings (SSSR count). The molecule has 0 atom stereocenters. The minimum Gasteiger partial charge on any atom is -0.495 e. The van der Waals surface area contributed by atoms with Crippen molar-refractivity contribution >= 4 is 22.3 Å². The molecule has 0 saturated carbocycles. The van der Waals surface area contributed by atoms with Crippen LogP contribution in [0.5, 0.6) is 5.75 Å². The number of rotatable bonds is 3. The van der Waals surface area contributed by atoms with Crippen molar-refractivity contribution in [2.24, 2.45) is 0 Å². The predicted molar refractivity (Wildman–Crippen MR) is 78.0 cm³/mol. The summed E-state index contributed by atoms with van der Waals surface area (Å²) in [6.45, 7) is 0. The summed E-state index contributed by atoms with van der Waals surface area (Å²) in [4.78, 5) is 4.35. The fraction of sp³-hybridized carbons (Fsp3) is 0.0625. The molecule has 0 unspecified atom stereocenters. The maximum absolute atomic E-state index is 5.35. The molecule has 0 aliphatic carbocycles. The van der Waals surface area contributed by atoms with Gasteiger partial charge in [-0.3, -0.25) is 4.98 Å². The van der Waals surface area contributed by atoms with Gasteiger partial charge in [0.1, 0.15) is 5.75 Å². The Morgan fingerprint density at radius 1 is 0.895 bits per heavy atom. The van der Waals surface area contributed by atoms with Crippen LogP contribution in [0.25, 0.3) is 10.9 Å². The Labute approximate surface area is 111 Å². The monoisotopic (exact) mass is 250 g/mol.